The van der Waals surface area contributed by atoms with Gasteiger partial charge in [0.05, 0.1) is 0 Å². The SMILES string of the molecule is O=c1ncnc(-c2ccccn2)[nH]1. The molecule has 5 nitrogen and oxygen atoms in total. The quantitative estimate of drug-likeness (QED) is 0.671. The van der Waals surface area contributed by atoms with Gasteiger partial charge in [0, 0.05) is 6.20 Å². The number of nitrogens with zero attached hydrogens (tertiary/aromatic N) is 3. The summed E-state index contributed by atoms with van der Waals surface area (Å²) in [5, 5.41) is 0. The summed E-state index contributed by atoms with van der Waals surface area (Å²) in [6.45, 7) is 0. The molecule has 2 aromatic rings. The van der Waals surface area contributed by atoms with Crippen molar-refractivity contribution in [1.29, 1.82) is 0 Å². The van der Waals surface area contributed by atoms with Gasteiger partial charge < -0.3 is 0 Å². The maximum Gasteiger partial charge on any atom is 0.348 e. The van der Waals surface area contributed by atoms with Gasteiger partial charge in [-0.3, -0.25) is 9.97 Å². The maximum absolute atomic E-state index is 10.8. The van der Waals surface area contributed by atoms with Crippen LogP contribution in [0.5, 0.6) is 0 Å². The summed E-state index contributed by atoms with van der Waals surface area (Å²) >= 11 is 0. The van der Waals surface area contributed by atoms with E-state index in [1.54, 1.807) is 18.3 Å². The lowest BCUT2D eigenvalue weighted by molar-refractivity contribution is 0.985. The summed E-state index contributed by atoms with van der Waals surface area (Å²) < 4.78 is 0. The van der Waals surface area contributed by atoms with Crippen LogP contribution < -0.4 is 5.69 Å². The van der Waals surface area contributed by atoms with Crippen molar-refractivity contribution in [1.82, 2.24) is 19.9 Å². The van der Waals surface area contributed by atoms with Crippen molar-refractivity contribution >= 4 is 0 Å². The van der Waals surface area contributed by atoms with Gasteiger partial charge in [-0.05, 0) is 12.1 Å². The van der Waals surface area contributed by atoms with Crippen molar-refractivity contribution in [3.05, 3.63) is 41.2 Å². The van der Waals surface area contributed by atoms with Crippen LogP contribution in [-0.2, 0) is 0 Å². The smallest absolute Gasteiger partial charge is 0.289 e. The predicted octanol–water partition coefficient (Wildman–Crippen LogP) is 0.227. The summed E-state index contributed by atoms with van der Waals surface area (Å²) in [6.07, 6.45) is 2.85. The van der Waals surface area contributed by atoms with E-state index in [0.717, 1.165) is 0 Å². The van der Waals surface area contributed by atoms with Crippen LogP contribution in [0.15, 0.2) is 35.5 Å². The van der Waals surface area contributed by atoms with E-state index in [2.05, 4.69) is 19.9 Å². The molecule has 1 N–H and O–H groups in total. The Kier molecular flexibility index (Phi) is 1.84. The number of hydrogen-bond donors (Lipinski definition) is 1. The van der Waals surface area contributed by atoms with Gasteiger partial charge in [0.25, 0.3) is 0 Å². The summed E-state index contributed by atoms with van der Waals surface area (Å²) in [5.41, 5.74) is 0.206. The minimum atomic E-state index is -0.421. The standard InChI is InChI=1S/C8H6N4O/c13-8-11-5-10-7(12-8)6-3-1-2-4-9-6/h1-5H,(H,10,11,12,13). The largest absolute Gasteiger partial charge is 0.348 e. The molecule has 64 valence electrons. The molecular weight excluding hydrogens is 168 g/mol. The van der Waals surface area contributed by atoms with Crippen LogP contribution in [0.25, 0.3) is 11.5 Å². The van der Waals surface area contributed by atoms with Crippen LogP contribution in [0.1, 0.15) is 0 Å². The van der Waals surface area contributed by atoms with Gasteiger partial charge in [0.15, 0.2) is 5.82 Å². The number of aromatic amines is 1. The molecule has 0 spiro atoms. The zero-order valence-corrected chi connectivity index (χ0v) is 6.64. The highest BCUT2D eigenvalue weighted by atomic mass is 16.1. The van der Waals surface area contributed by atoms with Crippen molar-refractivity contribution in [2.24, 2.45) is 0 Å². The molecule has 0 saturated heterocycles. The molecule has 2 rings (SSSR count). The Balaban J connectivity index is 2.54. The first kappa shape index (κ1) is 7.60. The van der Waals surface area contributed by atoms with E-state index >= 15 is 0 Å². The molecule has 0 amide bonds. The van der Waals surface area contributed by atoms with Crippen LogP contribution in [0.4, 0.5) is 0 Å². The fourth-order valence-corrected chi connectivity index (χ4v) is 0.938. The molecule has 2 aromatic heterocycles. The fraction of sp³-hybridized carbons (Fsp3) is 0. The van der Waals surface area contributed by atoms with Crippen molar-refractivity contribution in [3.8, 4) is 11.5 Å². The molecule has 0 saturated carbocycles. The van der Waals surface area contributed by atoms with Crippen molar-refractivity contribution in [2.75, 3.05) is 0 Å². The summed E-state index contributed by atoms with van der Waals surface area (Å²) in [5.74, 6) is 0.431. The number of H-pyrrole nitrogens is 1. The van der Waals surface area contributed by atoms with E-state index in [1.165, 1.54) is 6.33 Å². The molecule has 0 bridgehead atoms. The zero-order chi connectivity index (χ0) is 9.10. The Bertz CT molecular complexity index is 451. The number of nitrogens with one attached hydrogen (secondary N) is 1. The van der Waals surface area contributed by atoms with E-state index in [9.17, 15) is 4.79 Å². The van der Waals surface area contributed by atoms with E-state index < -0.39 is 5.69 Å². The molecule has 2 heterocycles. The maximum atomic E-state index is 10.8. The minimum Gasteiger partial charge on any atom is -0.289 e. The molecule has 5 heteroatoms. The Hall–Kier alpha value is -2.04. The lowest BCUT2D eigenvalue weighted by Crippen LogP contribution is -2.11. The molecule has 0 fully saturated rings. The summed E-state index contributed by atoms with van der Waals surface area (Å²) in [4.78, 5) is 24.6. The van der Waals surface area contributed by atoms with Gasteiger partial charge in [0.1, 0.15) is 12.0 Å². The number of hydrogen-bond acceptors (Lipinski definition) is 4. The highest BCUT2D eigenvalue weighted by molar-refractivity contribution is 5.46. The first-order valence-corrected chi connectivity index (χ1v) is 3.69. The number of aromatic nitrogens is 4. The summed E-state index contributed by atoms with van der Waals surface area (Å²) in [6, 6.07) is 5.38. The van der Waals surface area contributed by atoms with Crippen LogP contribution >= 0.6 is 0 Å². The molecule has 0 atom stereocenters. The second-order valence-corrected chi connectivity index (χ2v) is 2.37. The van der Waals surface area contributed by atoms with Gasteiger partial charge in [-0.2, -0.15) is 4.98 Å². The molecule has 0 radical (unpaired) electrons. The Morgan fingerprint density at radius 3 is 2.77 bits per heavy atom. The van der Waals surface area contributed by atoms with Crippen LogP contribution in [0, 0.1) is 0 Å². The number of rotatable bonds is 1. The van der Waals surface area contributed by atoms with Crippen LogP contribution in [-0.4, -0.2) is 19.9 Å². The van der Waals surface area contributed by atoms with E-state index in [4.69, 9.17) is 0 Å². The van der Waals surface area contributed by atoms with E-state index in [1.807, 2.05) is 6.07 Å². The molecule has 0 aromatic carbocycles. The van der Waals surface area contributed by atoms with Crippen LogP contribution in [0.3, 0.4) is 0 Å². The van der Waals surface area contributed by atoms with Gasteiger partial charge in [0.2, 0.25) is 0 Å². The highest BCUT2D eigenvalue weighted by Gasteiger charge is 1.98. The monoisotopic (exact) mass is 174 g/mol. The van der Waals surface area contributed by atoms with Gasteiger partial charge >= 0.3 is 5.69 Å². The molecule has 0 aliphatic rings. The van der Waals surface area contributed by atoms with Gasteiger partial charge in [-0.25, -0.2) is 9.78 Å². The molecular formula is C8H6N4O. The van der Waals surface area contributed by atoms with E-state index in [-0.39, 0.29) is 0 Å². The van der Waals surface area contributed by atoms with Crippen molar-refractivity contribution in [3.63, 3.8) is 0 Å². The first-order valence-electron chi connectivity index (χ1n) is 3.69. The normalized spacial score (nSPS) is 9.85. The predicted molar refractivity (Wildman–Crippen MR) is 45.9 cm³/mol. The zero-order valence-electron chi connectivity index (χ0n) is 6.64. The van der Waals surface area contributed by atoms with Gasteiger partial charge in [-0.1, -0.05) is 6.07 Å². The van der Waals surface area contributed by atoms with Crippen LogP contribution in [0.2, 0.25) is 0 Å². The van der Waals surface area contributed by atoms with Crippen molar-refractivity contribution in [2.45, 2.75) is 0 Å². The number of pyridine rings is 1. The third kappa shape index (κ3) is 1.58. The Labute approximate surface area is 73.5 Å². The Morgan fingerprint density at radius 2 is 2.08 bits per heavy atom. The average molecular weight is 174 g/mol. The minimum absolute atomic E-state index is 0.421. The molecule has 13 heavy (non-hydrogen) atoms. The third-order valence-electron chi connectivity index (χ3n) is 1.49. The topological polar surface area (TPSA) is 71.5 Å². The highest BCUT2D eigenvalue weighted by Crippen LogP contribution is 2.06. The first-order chi connectivity index (χ1) is 6.36. The summed E-state index contributed by atoms with van der Waals surface area (Å²) in [7, 11) is 0. The lowest BCUT2D eigenvalue weighted by atomic mass is 10.3. The second kappa shape index (κ2) is 3.14. The molecule has 0 aliphatic carbocycles. The van der Waals surface area contributed by atoms with E-state index in [0.29, 0.717) is 11.5 Å². The fourth-order valence-electron chi connectivity index (χ4n) is 0.938. The lowest BCUT2D eigenvalue weighted by Gasteiger charge is -1.95. The van der Waals surface area contributed by atoms with Crippen molar-refractivity contribution < 1.29 is 0 Å². The Morgan fingerprint density at radius 1 is 1.15 bits per heavy atom. The van der Waals surface area contributed by atoms with Gasteiger partial charge in [-0.15, -0.1) is 0 Å². The molecule has 0 aliphatic heterocycles. The molecule has 0 unspecified atom stereocenters. The average Bonchev–Trinajstić information content (AvgIpc) is 2.19. The second-order valence-electron chi connectivity index (χ2n) is 2.37. The third-order valence-corrected chi connectivity index (χ3v) is 1.49.